The second-order valence-corrected chi connectivity index (χ2v) is 14.4. The van der Waals surface area contributed by atoms with Crippen molar-refractivity contribution in [1.29, 1.82) is 0 Å². The highest BCUT2D eigenvalue weighted by atomic mass is 31.2. The van der Waals surface area contributed by atoms with Crippen LogP contribution in [0.3, 0.4) is 0 Å². The van der Waals surface area contributed by atoms with E-state index in [0.717, 1.165) is 32.9 Å². The number of para-hydroxylation sites is 4. The molecule has 7 rings (SSSR count). The maximum Gasteiger partial charge on any atom is 0.327 e. The van der Waals surface area contributed by atoms with Gasteiger partial charge in [-0.2, -0.15) is 0 Å². The van der Waals surface area contributed by atoms with Gasteiger partial charge in [-0.1, -0.05) is 78.9 Å². The molecule has 258 valence electrons. The van der Waals surface area contributed by atoms with Crippen LogP contribution in [0.25, 0.3) is 11.1 Å². The number of hydrogen-bond donors (Lipinski definition) is 0. The molecule has 0 radical (unpaired) electrons. The van der Waals surface area contributed by atoms with Crippen LogP contribution < -0.4 is 42.9 Å². The lowest BCUT2D eigenvalue weighted by molar-refractivity contribution is 0.252. The molecule has 0 saturated carbocycles. The van der Waals surface area contributed by atoms with Gasteiger partial charge in [0.25, 0.3) is 0 Å². The van der Waals surface area contributed by atoms with Gasteiger partial charge in [0, 0.05) is 29.2 Å². The van der Waals surface area contributed by atoms with E-state index in [4.69, 9.17) is 32.3 Å². The number of methoxy groups -OCH3 is 1. The average Bonchev–Trinajstić information content (AvgIpc) is 3.25. The molecule has 7 nitrogen and oxygen atoms in total. The molecule has 6 aromatic carbocycles. The predicted molar refractivity (Wildman–Crippen MR) is 205 cm³/mol. The minimum atomic E-state index is -1.85. The molecule has 1 heterocycles. The maximum absolute atomic E-state index is 6.82. The molecule has 0 fully saturated rings. The molecule has 0 spiro atoms. The van der Waals surface area contributed by atoms with Crippen LogP contribution in [0.15, 0.2) is 140 Å². The summed E-state index contributed by atoms with van der Waals surface area (Å²) in [5.41, 5.74) is 3.40. The molecule has 0 saturated heterocycles. The van der Waals surface area contributed by atoms with Crippen LogP contribution >= 0.6 is 16.8 Å². The van der Waals surface area contributed by atoms with E-state index in [1.807, 2.05) is 140 Å². The molecule has 0 aliphatic carbocycles. The van der Waals surface area contributed by atoms with Crippen molar-refractivity contribution in [3.05, 3.63) is 151 Å². The highest BCUT2D eigenvalue weighted by Gasteiger charge is 2.36. The zero-order valence-electron chi connectivity index (χ0n) is 28.7. The van der Waals surface area contributed by atoms with Gasteiger partial charge >= 0.3 is 16.8 Å². The van der Waals surface area contributed by atoms with Crippen molar-refractivity contribution in [1.82, 2.24) is 0 Å². The standard InChI is InChI=1S/C42H38O7P2/c1-30-25-26-36-39(41(30)50(46-32-17-8-4-9-18-32)47-33-19-10-5-11-20-33)40-38(45-28-16-27-44-36)29-37(43-3)31(2)42(40)51(48-34-21-12-6-13-22-34)49-35-23-14-7-15-24-35/h4-15,17-26,29H,16,27-28H2,1-3H3. The van der Waals surface area contributed by atoms with Gasteiger partial charge < -0.3 is 32.3 Å². The fourth-order valence-corrected chi connectivity index (χ4v) is 8.99. The summed E-state index contributed by atoms with van der Waals surface area (Å²) in [6.07, 6.45) is 0.680. The molecule has 51 heavy (non-hydrogen) atoms. The second-order valence-electron chi connectivity index (χ2n) is 11.7. The molecule has 9 heteroatoms. The van der Waals surface area contributed by atoms with Crippen molar-refractivity contribution < 1.29 is 32.3 Å². The van der Waals surface area contributed by atoms with Gasteiger partial charge in [-0.15, -0.1) is 0 Å². The Morgan fingerprint density at radius 1 is 0.490 bits per heavy atom. The molecule has 6 aromatic rings. The summed E-state index contributed by atoms with van der Waals surface area (Å²) in [7, 11) is -1.97. The van der Waals surface area contributed by atoms with E-state index in [9.17, 15) is 0 Å². The van der Waals surface area contributed by atoms with E-state index in [1.165, 1.54) is 0 Å². The number of fused-ring (bicyclic) bond motifs is 3. The van der Waals surface area contributed by atoms with Gasteiger partial charge in [-0.25, -0.2) is 0 Å². The number of benzene rings is 6. The summed E-state index contributed by atoms with van der Waals surface area (Å²) >= 11 is 0. The highest BCUT2D eigenvalue weighted by molar-refractivity contribution is 7.58. The molecule has 0 amide bonds. The zero-order chi connectivity index (χ0) is 35.0. The van der Waals surface area contributed by atoms with Crippen LogP contribution in [0, 0.1) is 13.8 Å². The molecule has 0 aromatic heterocycles. The number of rotatable bonds is 11. The maximum atomic E-state index is 6.82. The molecular weight excluding hydrogens is 678 g/mol. The molecule has 1 aliphatic rings. The van der Waals surface area contributed by atoms with Crippen molar-refractivity contribution >= 4 is 27.4 Å². The van der Waals surface area contributed by atoms with Crippen LogP contribution in [0.1, 0.15) is 17.5 Å². The van der Waals surface area contributed by atoms with Gasteiger partial charge in [0.2, 0.25) is 0 Å². The summed E-state index contributed by atoms with van der Waals surface area (Å²) in [5, 5.41) is 1.64. The third-order valence-electron chi connectivity index (χ3n) is 8.18. The normalized spacial score (nSPS) is 12.3. The summed E-state index contributed by atoms with van der Waals surface area (Å²) in [6.45, 7) is 5.00. The van der Waals surface area contributed by atoms with Gasteiger partial charge in [0.05, 0.1) is 30.9 Å². The molecule has 0 atom stereocenters. The molecule has 0 bridgehead atoms. The fraction of sp³-hybridized carbons (Fsp3) is 0.143. The SMILES string of the molecule is COc1cc2c(c(P(Oc3ccccc3)Oc3ccccc3)c1C)-c1c(ccc(C)c1P(Oc1ccccc1)Oc1ccccc1)OCCCO2. The summed E-state index contributed by atoms with van der Waals surface area (Å²) in [6, 6.07) is 44.9. The average molecular weight is 717 g/mol. The van der Waals surface area contributed by atoms with E-state index in [0.29, 0.717) is 59.9 Å². The second kappa shape index (κ2) is 16.2. The summed E-state index contributed by atoms with van der Waals surface area (Å²) < 4.78 is 46.5. The van der Waals surface area contributed by atoms with Crippen LogP contribution in [-0.4, -0.2) is 20.3 Å². The van der Waals surface area contributed by atoms with Crippen molar-refractivity contribution in [2.45, 2.75) is 20.3 Å². The number of aryl methyl sites for hydroxylation is 1. The summed E-state index contributed by atoms with van der Waals surface area (Å²) in [5.74, 6) is 4.67. The largest absolute Gasteiger partial charge is 0.496 e. The molecule has 0 unspecified atom stereocenters. The van der Waals surface area contributed by atoms with Crippen LogP contribution in [0.4, 0.5) is 0 Å². The fourth-order valence-electron chi connectivity index (χ4n) is 5.74. The predicted octanol–water partition coefficient (Wildman–Crippen LogP) is 10.3. The van der Waals surface area contributed by atoms with Crippen molar-refractivity contribution in [3.63, 3.8) is 0 Å². The van der Waals surface area contributed by atoms with Crippen molar-refractivity contribution in [2.75, 3.05) is 20.3 Å². The Balaban J connectivity index is 1.51. The minimum Gasteiger partial charge on any atom is -0.496 e. The zero-order valence-corrected chi connectivity index (χ0v) is 30.4. The van der Waals surface area contributed by atoms with Crippen molar-refractivity contribution in [2.24, 2.45) is 0 Å². The minimum absolute atomic E-state index is 0.438. The van der Waals surface area contributed by atoms with E-state index in [1.54, 1.807) is 7.11 Å². The third-order valence-corrected chi connectivity index (χ3v) is 11.5. The third kappa shape index (κ3) is 7.91. The van der Waals surface area contributed by atoms with E-state index >= 15 is 0 Å². The lowest BCUT2D eigenvalue weighted by atomic mass is 9.98. The lowest BCUT2D eigenvalue weighted by Gasteiger charge is -2.29. The Labute approximate surface area is 301 Å². The Kier molecular flexibility index (Phi) is 10.9. The van der Waals surface area contributed by atoms with Gasteiger partial charge in [0.15, 0.2) is 0 Å². The van der Waals surface area contributed by atoms with E-state index in [2.05, 4.69) is 13.0 Å². The van der Waals surface area contributed by atoms with Gasteiger partial charge in [-0.3, -0.25) is 0 Å². The Bertz CT molecular complexity index is 1960. The first-order valence-corrected chi connectivity index (χ1v) is 19.1. The first-order chi connectivity index (χ1) is 25.1. The van der Waals surface area contributed by atoms with Gasteiger partial charge in [-0.05, 0) is 74.0 Å². The Morgan fingerprint density at radius 3 is 1.35 bits per heavy atom. The van der Waals surface area contributed by atoms with Crippen LogP contribution in [0.5, 0.6) is 40.2 Å². The van der Waals surface area contributed by atoms with Crippen LogP contribution in [-0.2, 0) is 0 Å². The van der Waals surface area contributed by atoms with Crippen LogP contribution in [0.2, 0.25) is 0 Å². The topological polar surface area (TPSA) is 64.6 Å². The number of ether oxygens (including phenoxy) is 3. The lowest BCUT2D eigenvalue weighted by Crippen LogP contribution is -2.23. The van der Waals surface area contributed by atoms with Gasteiger partial charge in [0.1, 0.15) is 40.2 Å². The first kappa shape index (κ1) is 34.2. The monoisotopic (exact) mass is 716 g/mol. The quantitative estimate of drug-likeness (QED) is 0.124. The Hall–Kier alpha value is -5.22. The smallest absolute Gasteiger partial charge is 0.327 e. The molecular formula is C42H38O7P2. The highest BCUT2D eigenvalue weighted by Crippen LogP contribution is 2.52. The van der Waals surface area contributed by atoms with E-state index < -0.39 is 16.8 Å². The molecule has 0 N–H and O–H groups in total. The van der Waals surface area contributed by atoms with Crippen molar-refractivity contribution in [3.8, 4) is 51.4 Å². The molecule has 1 aliphatic heterocycles. The Morgan fingerprint density at radius 2 is 0.902 bits per heavy atom. The summed E-state index contributed by atoms with van der Waals surface area (Å²) in [4.78, 5) is 0. The van der Waals surface area contributed by atoms with E-state index in [-0.39, 0.29) is 0 Å². The first-order valence-electron chi connectivity index (χ1n) is 16.7. The number of hydrogen-bond acceptors (Lipinski definition) is 7.